The van der Waals surface area contributed by atoms with Gasteiger partial charge in [0.1, 0.15) is 12.2 Å². The molecule has 34 heavy (non-hydrogen) atoms. The molecule has 1 aliphatic heterocycles. The number of hydrogen-bond acceptors (Lipinski definition) is 7. The molecule has 2 rings (SSSR count). The molecule has 1 heterocycles. The van der Waals surface area contributed by atoms with E-state index < -0.39 is 35.6 Å². The summed E-state index contributed by atoms with van der Waals surface area (Å²) in [7, 11) is 1.24. The van der Waals surface area contributed by atoms with Crippen molar-refractivity contribution >= 4 is 24.1 Å². The Balaban J connectivity index is 2.07. The molecule has 1 aromatic carbocycles. The van der Waals surface area contributed by atoms with Crippen LogP contribution in [-0.4, -0.2) is 66.3 Å². The van der Waals surface area contributed by atoms with Crippen molar-refractivity contribution in [3.05, 3.63) is 48.0 Å². The van der Waals surface area contributed by atoms with Crippen LogP contribution < -0.4 is 5.43 Å². The second kappa shape index (κ2) is 12.6. The first-order valence-corrected chi connectivity index (χ1v) is 11.1. The number of nitrogens with zero attached hydrogens (tertiary/aromatic N) is 2. The third kappa shape index (κ3) is 9.13. The highest BCUT2D eigenvalue weighted by Crippen LogP contribution is 2.18. The lowest BCUT2D eigenvalue weighted by molar-refractivity contribution is -0.143. The number of hydrogen-bond donors (Lipinski definition) is 1. The van der Waals surface area contributed by atoms with Crippen molar-refractivity contribution in [1.82, 2.24) is 15.3 Å². The molecule has 10 nitrogen and oxygen atoms in total. The largest absolute Gasteiger partial charge is 0.469 e. The van der Waals surface area contributed by atoms with Crippen molar-refractivity contribution in [3.8, 4) is 0 Å². The number of esters is 1. The van der Waals surface area contributed by atoms with Gasteiger partial charge >= 0.3 is 18.2 Å². The molecule has 10 heteroatoms. The van der Waals surface area contributed by atoms with Crippen LogP contribution in [0.2, 0.25) is 0 Å². The van der Waals surface area contributed by atoms with E-state index in [0.717, 1.165) is 10.6 Å². The molecule has 0 aliphatic carbocycles. The van der Waals surface area contributed by atoms with Gasteiger partial charge in [-0.1, -0.05) is 42.5 Å². The molecule has 1 aromatic rings. The van der Waals surface area contributed by atoms with Crippen molar-refractivity contribution in [2.24, 2.45) is 5.92 Å². The Morgan fingerprint density at radius 2 is 1.82 bits per heavy atom. The zero-order valence-corrected chi connectivity index (χ0v) is 20.1. The van der Waals surface area contributed by atoms with Gasteiger partial charge in [0.15, 0.2) is 0 Å². The van der Waals surface area contributed by atoms with Crippen LogP contribution in [0.15, 0.2) is 42.5 Å². The normalized spacial score (nSPS) is 15.6. The van der Waals surface area contributed by atoms with Gasteiger partial charge in [0, 0.05) is 13.1 Å². The van der Waals surface area contributed by atoms with Crippen molar-refractivity contribution in [2.75, 3.05) is 26.7 Å². The summed E-state index contributed by atoms with van der Waals surface area (Å²) in [5.74, 6) is -1.65. The Labute approximate surface area is 199 Å². The summed E-state index contributed by atoms with van der Waals surface area (Å²) in [4.78, 5) is 51.3. The Bertz CT molecular complexity index is 880. The number of hydrazine groups is 1. The lowest BCUT2D eigenvalue weighted by atomic mass is 10.0. The predicted molar refractivity (Wildman–Crippen MR) is 123 cm³/mol. The van der Waals surface area contributed by atoms with E-state index in [1.54, 1.807) is 45.1 Å². The van der Waals surface area contributed by atoms with Gasteiger partial charge in [-0.3, -0.25) is 14.6 Å². The minimum Gasteiger partial charge on any atom is -0.469 e. The smallest absolute Gasteiger partial charge is 0.426 e. The summed E-state index contributed by atoms with van der Waals surface area (Å²) in [6.45, 7) is 5.59. The Morgan fingerprint density at radius 1 is 1.12 bits per heavy atom. The molecular weight excluding hydrogens is 442 g/mol. The van der Waals surface area contributed by atoms with Gasteiger partial charge in [-0.15, -0.1) is 0 Å². The van der Waals surface area contributed by atoms with E-state index in [1.807, 2.05) is 18.2 Å². The first kappa shape index (κ1) is 26.7. The second-order valence-electron chi connectivity index (χ2n) is 8.78. The first-order valence-electron chi connectivity index (χ1n) is 11.1. The highest BCUT2D eigenvalue weighted by molar-refractivity contribution is 5.83. The molecule has 0 bridgehead atoms. The molecule has 3 amide bonds. The van der Waals surface area contributed by atoms with Crippen molar-refractivity contribution in [3.63, 3.8) is 0 Å². The van der Waals surface area contributed by atoms with Gasteiger partial charge in [0.2, 0.25) is 5.91 Å². The van der Waals surface area contributed by atoms with E-state index >= 15 is 0 Å². The Hall–Kier alpha value is -3.56. The van der Waals surface area contributed by atoms with Crippen LogP contribution in [0.4, 0.5) is 9.59 Å². The topological polar surface area (TPSA) is 114 Å². The maximum absolute atomic E-state index is 13.3. The molecule has 0 saturated carbocycles. The maximum atomic E-state index is 13.3. The molecule has 186 valence electrons. The number of ether oxygens (including phenoxy) is 3. The highest BCUT2D eigenvalue weighted by Gasteiger charge is 2.32. The maximum Gasteiger partial charge on any atom is 0.426 e. The summed E-state index contributed by atoms with van der Waals surface area (Å²) in [5.41, 5.74) is 2.53. The van der Waals surface area contributed by atoms with Gasteiger partial charge in [0.05, 0.1) is 26.0 Å². The quantitative estimate of drug-likeness (QED) is 0.291. The third-order valence-electron chi connectivity index (χ3n) is 4.83. The molecule has 0 unspecified atom stereocenters. The lowest BCUT2D eigenvalue weighted by Gasteiger charge is -2.30. The molecule has 1 N–H and O–H groups in total. The zero-order valence-electron chi connectivity index (χ0n) is 20.1. The van der Waals surface area contributed by atoms with Gasteiger partial charge in [-0.25, -0.2) is 15.0 Å². The Morgan fingerprint density at radius 3 is 2.47 bits per heavy atom. The van der Waals surface area contributed by atoms with Gasteiger partial charge in [-0.05, 0) is 32.8 Å². The van der Waals surface area contributed by atoms with Crippen LogP contribution in [0, 0.1) is 5.92 Å². The van der Waals surface area contributed by atoms with Crippen molar-refractivity contribution in [1.29, 1.82) is 0 Å². The van der Waals surface area contributed by atoms with Crippen LogP contribution in [-0.2, 0) is 30.4 Å². The van der Waals surface area contributed by atoms with E-state index in [1.165, 1.54) is 12.0 Å². The van der Waals surface area contributed by atoms with Crippen LogP contribution in [0.5, 0.6) is 0 Å². The number of carbonyl (C=O) groups is 4. The number of benzene rings is 1. The van der Waals surface area contributed by atoms with Gasteiger partial charge in [0.25, 0.3) is 0 Å². The zero-order chi connectivity index (χ0) is 25.1. The molecule has 1 aliphatic rings. The second-order valence-corrected chi connectivity index (χ2v) is 8.78. The third-order valence-corrected chi connectivity index (χ3v) is 4.83. The Kier molecular flexibility index (Phi) is 9.91. The standard InChI is InChI=1S/C24H33N3O7/c1-24(2,3)34-23(31)26-14-9-8-12-19(16-26)21(29)27(15-13-20(28)32-4)25-22(30)33-17-18-10-6-5-7-11-18/h5-11,19H,12-17H2,1-4H3,(H,25,30)/t19-/m1/s1. The number of nitrogens with one attached hydrogen (secondary N) is 1. The average molecular weight is 476 g/mol. The summed E-state index contributed by atoms with van der Waals surface area (Å²) in [6.07, 6.45) is 2.45. The fourth-order valence-corrected chi connectivity index (χ4v) is 3.14. The minimum absolute atomic E-state index is 0.0181. The van der Waals surface area contributed by atoms with Crippen molar-refractivity contribution in [2.45, 2.75) is 45.8 Å². The average Bonchev–Trinajstić information content (AvgIpc) is 3.06. The molecule has 0 spiro atoms. The SMILES string of the molecule is COC(=O)CCN(NC(=O)OCc1ccccc1)C(=O)[C@@H]1CC=CCN(C(=O)OC(C)(C)C)C1. The lowest BCUT2D eigenvalue weighted by Crippen LogP contribution is -2.51. The van der Waals surface area contributed by atoms with E-state index in [0.29, 0.717) is 13.0 Å². The van der Waals surface area contributed by atoms with E-state index in [4.69, 9.17) is 9.47 Å². The molecule has 0 aromatic heterocycles. The van der Waals surface area contributed by atoms with Gasteiger partial charge < -0.3 is 19.1 Å². The minimum atomic E-state index is -0.838. The molecule has 1 atom stereocenters. The number of rotatable bonds is 6. The van der Waals surface area contributed by atoms with Crippen LogP contribution in [0.1, 0.15) is 39.2 Å². The molecule has 0 fully saturated rings. The summed E-state index contributed by atoms with van der Waals surface area (Å²) in [5, 5.41) is 1.04. The fraction of sp³-hybridized carbons (Fsp3) is 0.500. The number of allylic oxidation sites excluding steroid dienone is 1. The van der Waals surface area contributed by atoms with E-state index in [9.17, 15) is 19.2 Å². The highest BCUT2D eigenvalue weighted by atomic mass is 16.6. The van der Waals surface area contributed by atoms with E-state index in [-0.39, 0.29) is 26.1 Å². The van der Waals surface area contributed by atoms with Gasteiger partial charge in [-0.2, -0.15) is 0 Å². The monoisotopic (exact) mass is 475 g/mol. The molecule has 0 saturated heterocycles. The summed E-state index contributed by atoms with van der Waals surface area (Å²) >= 11 is 0. The number of carbonyl (C=O) groups excluding carboxylic acids is 4. The molecule has 0 radical (unpaired) electrons. The van der Waals surface area contributed by atoms with Crippen LogP contribution in [0.25, 0.3) is 0 Å². The van der Waals surface area contributed by atoms with E-state index in [2.05, 4.69) is 10.2 Å². The predicted octanol–water partition coefficient (Wildman–Crippen LogP) is 3.03. The fourth-order valence-electron chi connectivity index (χ4n) is 3.14. The van der Waals surface area contributed by atoms with Crippen molar-refractivity contribution < 1.29 is 33.4 Å². The van der Waals surface area contributed by atoms with Crippen LogP contribution >= 0.6 is 0 Å². The first-order chi connectivity index (χ1) is 16.1. The molecular formula is C24H33N3O7. The summed E-state index contributed by atoms with van der Waals surface area (Å²) < 4.78 is 15.3. The number of methoxy groups -OCH3 is 1. The summed E-state index contributed by atoms with van der Waals surface area (Å²) in [6, 6.07) is 9.09. The van der Waals surface area contributed by atoms with Crippen LogP contribution in [0.3, 0.4) is 0 Å². The number of amides is 3.